The third-order valence-electron chi connectivity index (χ3n) is 8.85. The second kappa shape index (κ2) is 8.03. The normalized spacial score (nSPS) is 15.6. The minimum atomic E-state index is -0.333. The Balaban J connectivity index is 1.47. The molecule has 0 bridgehead atoms. The van der Waals surface area contributed by atoms with Crippen LogP contribution < -0.4 is 0 Å². The van der Waals surface area contributed by atoms with Gasteiger partial charge in [-0.25, -0.2) is 0 Å². The van der Waals surface area contributed by atoms with Gasteiger partial charge in [-0.2, -0.15) is 0 Å². The molecule has 5 aromatic rings. The minimum Gasteiger partial charge on any atom is -0.0619 e. The summed E-state index contributed by atoms with van der Waals surface area (Å²) in [7, 11) is 0. The SMILES string of the molecule is Brc1cc(Br)cc(-c2ccc3c(c2)C(c2ccc4c(c2)CC4)(c2ccc4c(c2)CC4)c2ccccc2-3)c1. The lowest BCUT2D eigenvalue weighted by Crippen LogP contribution is -2.30. The van der Waals surface area contributed by atoms with E-state index in [4.69, 9.17) is 0 Å². The Bertz CT molecular complexity index is 1680. The van der Waals surface area contributed by atoms with E-state index in [0.717, 1.165) is 8.95 Å². The smallest absolute Gasteiger partial charge is 0.0619 e. The molecule has 0 aromatic heterocycles. The van der Waals surface area contributed by atoms with Gasteiger partial charge in [0.25, 0.3) is 0 Å². The molecule has 2 heteroatoms. The van der Waals surface area contributed by atoms with Crippen LogP contribution in [-0.4, -0.2) is 0 Å². The fourth-order valence-electron chi connectivity index (χ4n) is 6.82. The minimum absolute atomic E-state index is 0.333. The average molecular weight is 604 g/mol. The lowest BCUT2D eigenvalue weighted by Gasteiger charge is -2.37. The van der Waals surface area contributed by atoms with Crippen molar-refractivity contribution in [2.24, 2.45) is 0 Å². The van der Waals surface area contributed by atoms with Crippen molar-refractivity contribution in [1.29, 1.82) is 0 Å². The maximum Gasteiger partial charge on any atom is 0.0713 e. The van der Waals surface area contributed by atoms with E-state index in [0.29, 0.717) is 0 Å². The van der Waals surface area contributed by atoms with E-state index in [-0.39, 0.29) is 5.41 Å². The van der Waals surface area contributed by atoms with Crippen LogP contribution in [0.4, 0.5) is 0 Å². The van der Waals surface area contributed by atoms with Gasteiger partial charge in [-0.15, -0.1) is 0 Å². The maximum absolute atomic E-state index is 3.70. The average Bonchev–Trinajstić information content (AvgIpc) is 3.16. The lowest BCUT2D eigenvalue weighted by atomic mass is 9.65. The molecule has 0 amide bonds. The molecule has 0 aliphatic heterocycles. The van der Waals surface area contributed by atoms with Crippen LogP contribution >= 0.6 is 31.9 Å². The lowest BCUT2D eigenvalue weighted by molar-refractivity contribution is 0.740. The fraction of sp³-hybridized carbons (Fsp3) is 0.143. The number of fused-ring (bicyclic) bond motifs is 5. The first kappa shape index (κ1) is 22.1. The van der Waals surface area contributed by atoms with Gasteiger partial charge in [0.15, 0.2) is 0 Å². The third-order valence-corrected chi connectivity index (χ3v) is 9.76. The van der Waals surface area contributed by atoms with Crippen LogP contribution in [0, 0.1) is 0 Å². The molecular formula is C35H24Br2. The molecule has 0 heterocycles. The number of rotatable bonds is 3. The molecule has 0 saturated heterocycles. The van der Waals surface area contributed by atoms with E-state index >= 15 is 0 Å². The Labute approximate surface area is 234 Å². The Morgan fingerprint density at radius 2 is 1.05 bits per heavy atom. The summed E-state index contributed by atoms with van der Waals surface area (Å²) in [5.74, 6) is 0. The van der Waals surface area contributed by atoms with Crippen molar-refractivity contribution < 1.29 is 0 Å². The van der Waals surface area contributed by atoms with Crippen LogP contribution in [0.15, 0.2) is 106 Å². The summed E-state index contributed by atoms with van der Waals surface area (Å²) in [6.45, 7) is 0. The molecule has 0 radical (unpaired) electrons. The molecule has 37 heavy (non-hydrogen) atoms. The number of hydrogen-bond donors (Lipinski definition) is 0. The van der Waals surface area contributed by atoms with Crippen molar-refractivity contribution in [2.45, 2.75) is 31.1 Å². The van der Waals surface area contributed by atoms with E-state index < -0.39 is 0 Å². The molecule has 0 spiro atoms. The Morgan fingerprint density at radius 1 is 0.459 bits per heavy atom. The molecule has 178 valence electrons. The molecule has 3 aliphatic rings. The summed E-state index contributed by atoms with van der Waals surface area (Å²) in [5, 5.41) is 0. The van der Waals surface area contributed by atoms with Crippen LogP contribution in [0.3, 0.4) is 0 Å². The Morgan fingerprint density at radius 3 is 1.65 bits per heavy atom. The predicted octanol–water partition coefficient (Wildman–Crippen LogP) is 9.44. The number of halogens is 2. The van der Waals surface area contributed by atoms with Gasteiger partial charge in [0.2, 0.25) is 0 Å². The van der Waals surface area contributed by atoms with Gasteiger partial charge in [0.05, 0.1) is 5.41 Å². The first-order valence-corrected chi connectivity index (χ1v) is 14.7. The highest BCUT2D eigenvalue weighted by atomic mass is 79.9. The second-order valence-electron chi connectivity index (χ2n) is 10.7. The zero-order valence-electron chi connectivity index (χ0n) is 20.3. The highest BCUT2D eigenvalue weighted by Crippen LogP contribution is 2.57. The molecule has 3 aliphatic carbocycles. The quantitative estimate of drug-likeness (QED) is 0.189. The van der Waals surface area contributed by atoms with Crippen molar-refractivity contribution in [3.8, 4) is 22.3 Å². The van der Waals surface area contributed by atoms with Gasteiger partial charge in [-0.05, 0) is 117 Å². The molecule has 0 atom stereocenters. The van der Waals surface area contributed by atoms with Crippen molar-refractivity contribution in [2.75, 3.05) is 0 Å². The van der Waals surface area contributed by atoms with Gasteiger partial charge < -0.3 is 0 Å². The summed E-state index contributed by atoms with van der Waals surface area (Å²) >= 11 is 7.41. The first-order valence-electron chi connectivity index (χ1n) is 13.1. The highest BCUT2D eigenvalue weighted by Gasteiger charge is 2.47. The second-order valence-corrected chi connectivity index (χ2v) is 12.5. The summed E-state index contributed by atoms with van der Waals surface area (Å²) in [4.78, 5) is 0. The van der Waals surface area contributed by atoms with Gasteiger partial charge >= 0.3 is 0 Å². The predicted molar refractivity (Wildman–Crippen MR) is 159 cm³/mol. The van der Waals surface area contributed by atoms with Crippen LogP contribution in [-0.2, 0) is 31.1 Å². The van der Waals surface area contributed by atoms with Crippen LogP contribution in [0.25, 0.3) is 22.3 Å². The van der Waals surface area contributed by atoms with Crippen molar-refractivity contribution in [3.63, 3.8) is 0 Å². The number of hydrogen-bond acceptors (Lipinski definition) is 0. The first-order chi connectivity index (χ1) is 18.1. The molecule has 8 rings (SSSR count). The monoisotopic (exact) mass is 602 g/mol. The van der Waals surface area contributed by atoms with Crippen LogP contribution in [0.1, 0.15) is 44.5 Å². The fourth-order valence-corrected chi connectivity index (χ4v) is 8.12. The Hall–Kier alpha value is -2.94. The van der Waals surface area contributed by atoms with Gasteiger partial charge in [0, 0.05) is 8.95 Å². The van der Waals surface area contributed by atoms with E-state index in [1.807, 2.05) is 0 Å². The van der Waals surface area contributed by atoms with Crippen LogP contribution in [0.2, 0.25) is 0 Å². The van der Waals surface area contributed by atoms with Crippen molar-refractivity contribution in [3.05, 3.63) is 151 Å². The molecule has 5 aromatic carbocycles. The molecular weight excluding hydrogens is 580 g/mol. The van der Waals surface area contributed by atoms with Gasteiger partial charge in [-0.3, -0.25) is 0 Å². The van der Waals surface area contributed by atoms with Crippen LogP contribution in [0.5, 0.6) is 0 Å². The van der Waals surface area contributed by atoms with Crippen molar-refractivity contribution in [1.82, 2.24) is 0 Å². The molecule has 0 nitrogen and oxygen atoms in total. The standard InChI is InChI=1S/C35H24Br2/c36-29-17-26(18-30(37)20-29)25-11-14-32-31-3-1-2-4-33(31)35(34(32)19-25,27-12-9-21-5-7-23(21)15-27)28-13-10-22-6-8-24(22)16-28/h1-4,9-20H,5-8H2. The summed E-state index contributed by atoms with van der Waals surface area (Å²) in [6.07, 6.45) is 4.78. The van der Waals surface area contributed by atoms with E-state index in [1.165, 1.54) is 92.4 Å². The largest absolute Gasteiger partial charge is 0.0713 e. The molecule has 0 saturated carbocycles. The number of aryl methyl sites for hydroxylation is 4. The topological polar surface area (TPSA) is 0 Å². The third kappa shape index (κ3) is 3.12. The molecule has 0 N–H and O–H groups in total. The zero-order chi connectivity index (χ0) is 24.7. The van der Waals surface area contributed by atoms with Gasteiger partial charge in [0.1, 0.15) is 0 Å². The summed E-state index contributed by atoms with van der Waals surface area (Å²) in [6, 6.07) is 37.3. The maximum atomic E-state index is 3.70. The Kier molecular flexibility index (Phi) is 4.79. The number of benzene rings is 5. The molecule has 0 unspecified atom stereocenters. The molecule has 0 fully saturated rings. The highest BCUT2D eigenvalue weighted by molar-refractivity contribution is 9.11. The summed E-state index contributed by atoms with van der Waals surface area (Å²) < 4.78 is 2.16. The van der Waals surface area contributed by atoms with E-state index in [2.05, 4.69) is 129 Å². The van der Waals surface area contributed by atoms with E-state index in [1.54, 1.807) is 0 Å². The van der Waals surface area contributed by atoms with Gasteiger partial charge in [-0.1, -0.05) is 105 Å². The summed E-state index contributed by atoms with van der Waals surface area (Å²) in [5.41, 5.74) is 16.4. The van der Waals surface area contributed by atoms with Crippen molar-refractivity contribution >= 4 is 31.9 Å². The zero-order valence-corrected chi connectivity index (χ0v) is 23.5. The van der Waals surface area contributed by atoms with E-state index in [9.17, 15) is 0 Å².